The van der Waals surface area contributed by atoms with Crippen LogP contribution in [0.3, 0.4) is 0 Å². The first kappa shape index (κ1) is 14.7. The Morgan fingerprint density at radius 2 is 1.85 bits per heavy atom. The average Bonchev–Trinajstić information content (AvgIpc) is 2.41. The summed E-state index contributed by atoms with van der Waals surface area (Å²) in [5, 5.41) is 3.34. The first-order valence-electron chi connectivity index (χ1n) is 6.86. The third-order valence-electron chi connectivity index (χ3n) is 3.28. The van der Waals surface area contributed by atoms with Crippen LogP contribution in [0.2, 0.25) is 0 Å². The molecule has 3 heteroatoms. The molecule has 0 aliphatic rings. The second-order valence-corrected chi connectivity index (χ2v) is 5.03. The fourth-order valence-electron chi connectivity index (χ4n) is 2.24. The smallest absolute Gasteiger partial charge is 0.126 e. The molecule has 0 radical (unpaired) electrons. The molecular weight excluding hydrogens is 256 g/mol. The fourth-order valence-corrected chi connectivity index (χ4v) is 2.24. The van der Waals surface area contributed by atoms with E-state index in [1.165, 1.54) is 12.1 Å². The minimum Gasteiger partial charge on any atom is -0.314 e. The normalized spacial score (nSPS) is 12.3. The summed E-state index contributed by atoms with van der Waals surface area (Å²) in [6, 6.07) is 13.7. The molecule has 0 aliphatic heterocycles. The first-order chi connectivity index (χ1) is 9.65. The Kier molecular flexibility index (Phi) is 5.24. The van der Waals surface area contributed by atoms with Crippen LogP contribution >= 0.6 is 0 Å². The Morgan fingerprint density at radius 3 is 2.60 bits per heavy atom. The molecule has 1 N–H and O–H groups in total. The lowest BCUT2D eigenvalue weighted by Gasteiger charge is -2.14. The van der Waals surface area contributed by atoms with Crippen molar-refractivity contribution in [1.29, 1.82) is 0 Å². The summed E-state index contributed by atoms with van der Waals surface area (Å²) in [6.07, 6.45) is 1.41. The van der Waals surface area contributed by atoms with Crippen molar-refractivity contribution in [2.45, 2.75) is 25.8 Å². The van der Waals surface area contributed by atoms with Crippen molar-refractivity contribution in [1.82, 2.24) is 5.32 Å². The van der Waals surface area contributed by atoms with Gasteiger partial charge in [0.1, 0.15) is 11.6 Å². The second-order valence-electron chi connectivity index (χ2n) is 5.03. The molecule has 2 aromatic rings. The van der Waals surface area contributed by atoms with E-state index in [0.717, 1.165) is 17.5 Å². The molecule has 0 saturated carbocycles. The summed E-state index contributed by atoms with van der Waals surface area (Å²) in [5.74, 6) is -0.367. The fraction of sp³-hybridized carbons (Fsp3) is 0.294. The molecule has 20 heavy (non-hydrogen) atoms. The van der Waals surface area contributed by atoms with Crippen molar-refractivity contribution in [3.05, 3.63) is 71.3 Å². The summed E-state index contributed by atoms with van der Waals surface area (Å²) in [4.78, 5) is 0. The van der Waals surface area contributed by atoms with Gasteiger partial charge in [0.25, 0.3) is 0 Å². The molecule has 1 nitrogen and oxygen atoms in total. The molecule has 0 fully saturated rings. The van der Waals surface area contributed by atoms with E-state index in [-0.39, 0.29) is 17.7 Å². The van der Waals surface area contributed by atoms with Crippen LogP contribution in [-0.2, 0) is 12.8 Å². The zero-order valence-corrected chi connectivity index (χ0v) is 11.6. The Labute approximate surface area is 118 Å². The third kappa shape index (κ3) is 4.42. The number of nitrogens with one attached hydrogen (secondary N) is 1. The lowest BCUT2D eigenvalue weighted by molar-refractivity contribution is 0.536. The van der Waals surface area contributed by atoms with Gasteiger partial charge >= 0.3 is 0 Å². The molecule has 0 aromatic heterocycles. The van der Waals surface area contributed by atoms with Gasteiger partial charge in [-0.1, -0.05) is 30.3 Å². The molecule has 2 rings (SSSR count). The molecule has 0 bridgehead atoms. The number of halogens is 2. The topological polar surface area (TPSA) is 12.0 Å². The van der Waals surface area contributed by atoms with Gasteiger partial charge < -0.3 is 5.32 Å². The highest BCUT2D eigenvalue weighted by atomic mass is 19.1. The Morgan fingerprint density at radius 1 is 1.05 bits per heavy atom. The van der Waals surface area contributed by atoms with E-state index in [0.29, 0.717) is 13.0 Å². The van der Waals surface area contributed by atoms with Gasteiger partial charge in [0.2, 0.25) is 0 Å². The van der Waals surface area contributed by atoms with Crippen molar-refractivity contribution in [3.63, 3.8) is 0 Å². The lowest BCUT2D eigenvalue weighted by atomic mass is 10.1. The summed E-state index contributed by atoms with van der Waals surface area (Å²) in [5.41, 5.74) is 1.69. The molecule has 0 heterocycles. The summed E-state index contributed by atoms with van der Waals surface area (Å²) in [7, 11) is 0. The Hall–Kier alpha value is -1.74. The SMILES string of the molecule is CC(Cc1cccc(F)c1)NCCc1ccccc1F. The minimum atomic E-state index is -0.207. The maximum absolute atomic E-state index is 13.4. The quantitative estimate of drug-likeness (QED) is 0.847. The van der Waals surface area contributed by atoms with Crippen LogP contribution < -0.4 is 5.32 Å². The Balaban J connectivity index is 1.78. The molecule has 0 amide bonds. The average molecular weight is 275 g/mol. The molecule has 2 aromatic carbocycles. The van der Waals surface area contributed by atoms with Crippen LogP contribution in [-0.4, -0.2) is 12.6 Å². The van der Waals surface area contributed by atoms with Crippen LogP contribution in [0.5, 0.6) is 0 Å². The molecular formula is C17H19F2N. The van der Waals surface area contributed by atoms with Gasteiger partial charge in [-0.15, -0.1) is 0 Å². The number of benzene rings is 2. The molecule has 1 atom stereocenters. The summed E-state index contributed by atoms with van der Waals surface area (Å²) >= 11 is 0. The zero-order valence-electron chi connectivity index (χ0n) is 11.6. The lowest BCUT2D eigenvalue weighted by Crippen LogP contribution is -2.30. The Bertz CT molecular complexity index is 554. The maximum atomic E-state index is 13.4. The van der Waals surface area contributed by atoms with Gasteiger partial charge in [-0.3, -0.25) is 0 Å². The monoisotopic (exact) mass is 275 g/mol. The standard InChI is InChI=1S/C17H19F2N/c1-13(11-14-5-4-7-16(18)12-14)20-10-9-15-6-2-3-8-17(15)19/h2-8,12-13,20H,9-11H2,1H3. The molecule has 0 aliphatic carbocycles. The van der Waals surface area contributed by atoms with Gasteiger partial charge in [0.05, 0.1) is 0 Å². The van der Waals surface area contributed by atoms with E-state index in [4.69, 9.17) is 0 Å². The van der Waals surface area contributed by atoms with Crippen molar-refractivity contribution in [2.24, 2.45) is 0 Å². The zero-order chi connectivity index (χ0) is 14.4. The maximum Gasteiger partial charge on any atom is 0.126 e. The summed E-state index contributed by atoms with van der Waals surface area (Å²) < 4.78 is 26.5. The van der Waals surface area contributed by atoms with Crippen molar-refractivity contribution >= 4 is 0 Å². The minimum absolute atomic E-state index is 0.160. The van der Waals surface area contributed by atoms with Gasteiger partial charge in [-0.2, -0.15) is 0 Å². The van der Waals surface area contributed by atoms with Crippen LogP contribution in [0, 0.1) is 11.6 Å². The predicted molar refractivity (Wildman–Crippen MR) is 77.7 cm³/mol. The van der Waals surface area contributed by atoms with Gasteiger partial charge in [-0.05, 0) is 55.6 Å². The van der Waals surface area contributed by atoms with E-state index < -0.39 is 0 Å². The van der Waals surface area contributed by atoms with Crippen LogP contribution in [0.25, 0.3) is 0 Å². The first-order valence-corrected chi connectivity index (χ1v) is 6.86. The van der Waals surface area contributed by atoms with Crippen molar-refractivity contribution in [2.75, 3.05) is 6.54 Å². The molecule has 106 valence electrons. The van der Waals surface area contributed by atoms with Crippen LogP contribution in [0.4, 0.5) is 8.78 Å². The van der Waals surface area contributed by atoms with Gasteiger partial charge in [0, 0.05) is 6.04 Å². The number of hydrogen-bond acceptors (Lipinski definition) is 1. The highest BCUT2D eigenvalue weighted by Gasteiger charge is 2.05. The van der Waals surface area contributed by atoms with E-state index in [2.05, 4.69) is 5.32 Å². The summed E-state index contributed by atoms with van der Waals surface area (Å²) in [6.45, 7) is 2.75. The van der Waals surface area contributed by atoms with E-state index in [1.54, 1.807) is 24.3 Å². The predicted octanol–water partition coefficient (Wildman–Crippen LogP) is 3.73. The van der Waals surface area contributed by atoms with Gasteiger partial charge in [-0.25, -0.2) is 8.78 Å². The largest absolute Gasteiger partial charge is 0.314 e. The van der Waals surface area contributed by atoms with E-state index in [9.17, 15) is 8.78 Å². The molecule has 0 saturated heterocycles. The highest BCUT2D eigenvalue weighted by Crippen LogP contribution is 2.08. The van der Waals surface area contributed by atoms with E-state index >= 15 is 0 Å². The van der Waals surface area contributed by atoms with Gasteiger partial charge in [0.15, 0.2) is 0 Å². The van der Waals surface area contributed by atoms with E-state index in [1.807, 2.05) is 19.1 Å². The molecule has 0 spiro atoms. The van der Waals surface area contributed by atoms with Crippen LogP contribution in [0.1, 0.15) is 18.1 Å². The number of hydrogen-bond donors (Lipinski definition) is 1. The molecule has 1 unspecified atom stereocenters. The van der Waals surface area contributed by atoms with Crippen molar-refractivity contribution in [3.8, 4) is 0 Å². The third-order valence-corrected chi connectivity index (χ3v) is 3.28. The van der Waals surface area contributed by atoms with Crippen LogP contribution in [0.15, 0.2) is 48.5 Å². The number of rotatable bonds is 6. The second kappa shape index (κ2) is 7.15. The van der Waals surface area contributed by atoms with Crippen molar-refractivity contribution < 1.29 is 8.78 Å². The highest BCUT2D eigenvalue weighted by molar-refractivity contribution is 5.18.